The molecule has 0 aliphatic carbocycles. The van der Waals surface area contributed by atoms with Crippen LogP contribution in [0.15, 0.2) is 47.8 Å². The minimum absolute atomic E-state index is 0.142. The summed E-state index contributed by atoms with van der Waals surface area (Å²) in [5.41, 5.74) is 0.952. The Bertz CT molecular complexity index is 682. The number of ether oxygens (including phenoxy) is 1. The molecule has 5 nitrogen and oxygen atoms in total. The molecule has 1 heterocycles. The van der Waals surface area contributed by atoms with Gasteiger partial charge in [0.1, 0.15) is 0 Å². The Hall–Kier alpha value is -2.47. The van der Waals surface area contributed by atoms with E-state index in [4.69, 9.17) is 4.74 Å². The predicted molar refractivity (Wildman–Crippen MR) is 91.7 cm³/mol. The van der Waals surface area contributed by atoms with Gasteiger partial charge in [-0.2, -0.15) is 0 Å². The van der Waals surface area contributed by atoms with Crippen molar-refractivity contribution in [3.05, 3.63) is 58.3 Å². The smallest absolute Gasteiger partial charge is 0.311 e. The molecule has 126 valence electrons. The maximum Gasteiger partial charge on any atom is 0.311 e. The van der Waals surface area contributed by atoms with E-state index in [0.29, 0.717) is 6.42 Å². The van der Waals surface area contributed by atoms with Crippen LogP contribution in [0, 0.1) is 0 Å². The van der Waals surface area contributed by atoms with Gasteiger partial charge in [-0.05, 0) is 30.4 Å². The Morgan fingerprint density at radius 1 is 1.12 bits per heavy atom. The van der Waals surface area contributed by atoms with Crippen molar-refractivity contribution in [2.24, 2.45) is 0 Å². The Morgan fingerprint density at radius 2 is 1.88 bits per heavy atom. The molecular weight excluding hydrogens is 326 g/mol. The average molecular weight is 345 g/mol. The van der Waals surface area contributed by atoms with Crippen molar-refractivity contribution in [1.29, 1.82) is 0 Å². The zero-order valence-electron chi connectivity index (χ0n) is 13.4. The van der Waals surface area contributed by atoms with Crippen LogP contribution in [-0.2, 0) is 32.0 Å². The first-order chi connectivity index (χ1) is 11.5. The molecule has 1 N–H and O–H groups in total. The number of rotatable bonds is 8. The molecule has 2 aromatic rings. The zero-order chi connectivity index (χ0) is 17.4. The molecule has 0 saturated heterocycles. The maximum atomic E-state index is 11.9. The van der Waals surface area contributed by atoms with E-state index in [1.807, 2.05) is 47.8 Å². The quantitative estimate of drug-likeness (QED) is 0.744. The molecule has 0 aliphatic rings. The monoisotopic (exact) mass is 345 g/mol. The minimum Gasteiger partial charge on any atom is -0.455 e. The highest BCUT2D eigenvalue weighted by molar-refractivity contribution is 7.10. The molecule has 1 amide bonds. The second-order valence-corrected chi connectivity index (χ2v) is 6.37. The van der Waals surface area contributed by atoms with Gasteiger partial charge in [0.05, 0.1) is 12.5 Å². The molecule has 24 heavy (non-hydrogen) atoms. The highest BCUT2D eigenvalue weighted by Gasteiger charge is 2.18. The standard InChI is InChI=1S/C18H19NO4S/c1-13(20)16(10-14-6-3-2-4-7-14)19-17(21)12-23-18(22)11-15-8-5-9-24-15/h2-9,16H,10-12H2,1H3,(H,19,21)/t16-/m1/s1. The van der Waals surface area contributed by atoms with E-state index in [9.17, 15) is 14.4 Å². The summed E-state index contributed by atoms with van der Waals surface area (Å²) in [6.07, 6.45) is 0.552. The van der Waals surface area contributed by atoms with Gasteiger partial charge in [0, 0.05) is 4.88 Å². The summed E-state index contributed by atoms with van der Waals surface area (Å²) in [7, 11) is 0. The lowest BCUT2D eigenvalue weighted by Gasteiger charge is -2.16. The molecule has 1 aromatic heterocycles. The van der Waals surface area contributed by atoms with Crippen LogP contribution in [-0.4, -0.2) is 30.3 Å². The summed E-state index contributed by atoms with van der Waals surface area (Å²) in [6, 6.07) is 12.5. The molecule has 0 bridgehead atoms. The fraction of sp³-hybridized carbons (Fsp3) is 0.278. The van der Waals surface area contributed by atoms with E-state index in [1.54, 1.807) is 0 Å². The molecule has 0 aliphatic heterocycles. The highest BCUT2D eigenvalue weighted by atomic mass is 32.1. The molecule has 2 rings (SSSR count). The van der Waals surface area contributed by atoms with Crippen molar-refractivity contribution in [1.82, 2.24) is 5.32 Å². The molecule has 0 saturated carbocycles. The number of carbonyl (C=O) groups is 3. The number of carbonyl (C=O) groups excluding carboxylic acids is 3. The third-order valence-electron chi connectivity index (χ3n) is 3.37. The normalized spacial score (nSPS) is 11.5. The number of thiophene rings is 1. The van der Waals surface area contributed by atoms with Crippen LogP contribution in [0.2, 0.25) is 0 Å². The van der Waals surface area contributed by atoms with Crippen molar-refractivity contribution in [2.75, 3.05) is 6.61 Å². The first-order valence-corrected chi connectivity index (χ1v) is 8.44. The predicted octanol–water partition coefficient (Wildman–Crippen LogP) is 2.15. The van der Waals surface area contributed by atoms with Crippen LogP contribution in [0.25, 0.3) is 0 Å². The Morgan fingerprint density at radius 3 is 2.50 bits per heavy atom. The van der Waals surface area contributed by atoms with Crippen molar-refractivity contribution in [2.45, 2.75) is 25.8 Å². The van der Waals surface area contributed by atoms with Gasteiger partial charge < -0.3 is 10.1 Å². The summed E-state index contributed by atoms with van der Waals surface area (Å²) in [5, 5.41) is 4.49. The lowest BCUT2D eigenvalue weighted by molar-refractivity contribution is -0.148. The lowest BCUT2D eigenvalue weighted by Crippen LogP contribution is -2.43. The third kappa shape index (κ3) is 5.96. The summed E-state index contributed by atoms with van der Waals surface area (Å²) < 4.78 is 4.95. The van der Waals surface area contributed by atoms with Gasteiger partial charge in [-0.3, -0.25) is 14.4 Å². The number of hydrogen-bond acceptors (Lipinski definition) is 5. The number of nitrogens with one attached hydrogen (secondary N) is 1. The second kappa shape index (κ2) is 8.98. The summed E-state index contributed by atoms with van der Waals surface area (Å²) >= 11 is 1.46. The number of Topliss-reactive ketones (excluding diaryl/α,β-unsaturated/α-hetero) is 1. The Balaban J connectivity index is 1.80. The van der Waals surface area contributed by atoms with E-state index in [2.05, 4.69) is 5.32 Å². The van der Waals surface area contributed by atoms with Crippen molar-refractivity contribution < 1.29 is 19.1 Å². The Labute approximate surface area is 144 Å². The van der Waals surface area contributed by atoms with E-state index >= 15 is 0 Å². The SMILES string of the molecule is CC(=O)[C@@H](Cc1ccccc1)NC(=O)COC(=O)Cc1cccs1. The van der Waals surface area contributed by atoms with Crippen LogP contribution >= 0.6 is 11.3 Å². The van der Waals surface area contributed by atoms with Crippen LogP contribution in [0.3, 0.4) is 0 Å². The van der Waals surface area contributed by atoms with E-state index in [-0.39, 0.29) is 18.8 Å². The van der Waals surface area contributed by atoms with Gasteiger partial charge in [0.25, 0.3) is 5.91 Å². The number of ketones is 1. The van der Waals surface area contributed by atoms with Gasteiger partial charge in [-0.1, -0.05) is 36.4 Å². The molecule has 6 heteroatoms. The first kappa shape index (κ1) is 17.9. The van der Waals surface area contributed by atoms with Gasteiger partial charge in [-0.15, -0.1) is 11.3 Å². The van der Waals surface area contributed by atoms with Crippen LogP contribution in [0.1, 0.15) is 17.4 Å². The average Bonchev–Trinajstić information content (AvgIpc) is 3.06. The molecule has 0 spiro atoms. The number of amides is 1. The largest absolute Gasteiger partial charge is 0.455 e. The lowest BCUT2D eigenvalue weighted by atomic mass is 10.0. The zero-order valence-corrected chi connectivity index (χ0v) is 14.2. The van der Waals surface area contributed by atoms with Gasteiger partial charge >= 0.3 is 5.97 Å². The van der Waals surface area contributed by atoms with Gasteiger partial charge in [-0.25, -0.2) is 0 Å². The second-order valence-electron chi connectivity index (χ2n) is 5.34. The topological polar surface area (TPSA) is 72.5 Å². The molecule has 0 fully saturated rings. The number of esters is 1. The van der Waals surface area contributed by atoms with Crippen molar-refractivity contribution in [3.63, 3.8) is 0 Å². The van der Waals surface area contributed by atoms with Crippen LogP contribution < -0.4 is 5.32 Å². The minimum atomic E-state index is -0.629. The van der Waals surface area contributed by atoms with E-state index in [0.717, 1.165) is 10.4 Å². The summed E-state index contributed by atoms with van der Waals surface area (Å²) in [4.78, 5) is 36.2. The molecular formula is C18H19NO4S. The highest BCUT2D eigenvalue weighted by Crippen LogP contribution is 2.09. The molecule has 1 atom stereocenters. The van der Waals surface area contributed by atoms with Crippen LogP contribution in [0.5, 0.6) is 0 Å². The van der Waals surface area contributed by atoms with E-state index < -0.39 is 17.9 Å². The Kier molecular flexibility index (Phi) is 6.69. The van der Waals surface area contributed by atoms with Gasteiger partial charge in [0.15, 0.2) is 12.4 Å². The number of benzene rings is 1. The first-order valence-electron chi connectivity index (χ1n) is 7.56. The number of hydrogen-bond donors (Lipinski definition) is 1. The third-order valence-corrected chi connectivity index (χ3v) is 4.25. The molecule has 1 aromatic carbocycles. The fourth-order valence-corrected chi connectivity index (χ4v) is 2.82. The van der Waals surface area contributed by atoms with Gasteiger partial charge in [0.2, 0.25) is 0 Å². The maximum absolute atomic E-state index is 11.9. The molecule has 0 radical (unpaired) electrons. The van der Waals surface area contributed by atoms with Crippen LogP contribution in [0.4, 0.5) is 0 Å². The molecule has 0 unspecified atom stereocenters. The summed E-state index contributed by atoms with van der Waals surface area (Å²) in [6.45, 7) is 1.04. The summed E-state index contributed by atoms with van der Waals surface area (Å²) in [5.74, 6) is -1.09. The van der Waals surface area contributed by atoms with E-state index in [1.165, 1.54) is 18.3 Å². The fourth-order valence-electron chi connectivity index (χ4n) is 2.13. The van der Waals surface area contributed by atoms with Crippen molar-refractivity contribution in [3.8, 4) is 0 Å². The van der Waals surface area contributed by atoms with Crippen molar-refractivity contribution >= 4 is 29.0 Å².